The number of rotatable bonds is 0. The van der Waals surface area contributed by atoms with Gasteiger partial charge in [0.1, 0.15) is 0 Å². The van der Waals surface area contributed by atoms with Crippen molar-refractivity contribution < 1.29 is 0 Å². The van der Waals surface area contributed by atoms with Gasteiger partial charge in [0.25, 0.3) is 0 Å². The molecule has 1 N–H and O–H groups in total. The zero-order valence-electron chi connectivity index (χ0n) is 7.80. The third kappa shape index (κ3) is 5.67. The molecule has 0 radical (unpaired) electrons. The molecule has 0 bridgehead atoms. The van der Waals surface area contributed by atoms with Gasteiger partial charge in [-0.1, -0.05) is 36.2 Å². The highest BCUT2D eigenvalue weighted by Gasteiger charge is 1.93. The summed E-state index contributed by atoms with van der Waals surface area (Å²) in [6, 6.07) is 9.44. The number of hydrogen-bond donors (Lipinski definition) is 1. The fraction of sp³-hybridized carbons (Fsp3) is 0.455. The van der Waals surface area contributed by atoms with E-state index in [0.717, 1.165) is 5.02 Å². The first-order valence-electron chi connectivity index (χ1n) is 4.81. The fourth-order valence-corrected chi connectivity index (χ4v) is 1.36. The van der Waals surface area contributed by atoms with Crippen LogP contribution in [-0.4, -0.2) is 13.1 Å². The van der Waals surface area contributed by atoms with Gasteiger partial charge in [0.15, 0.2) is 0 Å². The Kier molecular flexibility index (Phi) is 5.62. The molecule has 2 rings (SSSR count). The molecule has 13 heavy (non-hydrogen) atoms. The average Bonchev–Trinajstić information content (AvgIpc) is 2.22. The normalized spacial score (nSPS) is 15.8. The zero-order chi connectivity index (χ0) is 9.36. The van der Waals surface area contributed by atoms with Crippen molar-refractivity contribution in [3.63, 3.8) is 0 Å². The third-order valence-electron chi connectivity index (χ3n) is 1.94. The second-order valence-corrected chi connectivity index (χ2v) is 3.54. The Bertz CT molecular complexity index is 195. The Hall–Kier alpha value is -0.530. The largest absolute Gasteiger partial charge is 0.317 e. The maximum atomic E-state index is 5.54. The van der Waals surface area contributed by atoms with E-state index in [1.54, 1.807) is 0 Å². The summed E-state index contributed by atoms with van der Waals surface area (Å²) in [5.74, 6) is 0. The zero-order valence-corrected chi connectivity index (χ0v) is 8.56. The monoisotopic (exact) mass is 197 g/mol. The van der Waals surface area contributed by atoms with Crippen LogP contribution >= 0.6 is 11.6 Å². The Morgan fingerprint density at radius 1 is 0.923 bits per heavy atom. The summed E-state index contributed by atoms with van der Waals surface area (Å²) >= 11 is 5.54. The van der Waals surface area contributed by atoms with Crippen LogP contribution in [0.2, 0.25) is 5.02 Å². The summed E-state index contributed by atoms with van der Waals surface area (Å²) in [4.78, 5) is 0. The average molecular weight is 198 g/mol. The van der Waals surface area contributed by atoms with Crippen LogP contribution in [-0.2, 0) is 0 Å². The van der Waals surface area contributed by atoms with E-state index in [9.17, 15) is 0 Å². The lowest BCUT2D eigenvalue weighted by Gasteiger charge is -2.08. The molecule has 0 spiro atoms. The van der Waals surface area contributed by atoms with Gasteiger partial charge in [-0.2, -0.15) is 0 Å². The van der Waals surface area contributed by atoms with Crippen molar-refractivity contribution in [3.8, 4) is 0 Å². The van der Waals surface area contributed by atoms with Gasteiger partial charge in [-0.25, -0.2) is 0 Å². The van der Waals surface area contributed by atoms with Crippen LogP contribution in [0.1, 0.15) is 19.3 Å². The lowest BCUT2D eigenvalue weighted by Crippen LogP contribution is -2.21. The predicted octanol–water partition coefficient (Wildman–Crippen LogP) is 3.10. The van der Waals surface area contributed by atoms with Crippen molar-refractivity contribution in [2.45, 2.75) is 19.3 Å². The van der Waals surface area contributed by atoms with E-state index >= 15 is 0 Å². The molecule has 1 aromatic rings. The highest BCUT2D eigenvalue weighted by molar-refractivity contribution is 6.30. The third-order valence-corrected chi connectivity index (χ3v) is 2.19. The first-order chi connectivity index (χ1) is 6.39. The van der Waals surface area contributed by atoms with Gasteiger partial charge in [0, 0.05) is 5.02 Å². The number of hydrogen-bond acceptors (Lipinski definition) is 1. The minimum absolute atomic E-state index is 0.794. The summed E-state index contributed by atoms with van der Waals surface area (Å²) in [6.07, 6.45) is 4.22. The second kappa shape index (κ2) is 6.93. The van der Waals surface area contributed by atoms with E-state index in [4.69, 9.17) is 11.6 Å². The molecule has 1 saturated heterocycles. The first-order valence-corrected chi connectivity index (χ1v) is 5.18. The Morgan fingerprint density at radius 3 is 1.77 bits per heavy atom. The summed E-state index contributed by atoms with van der Waals surface area (Å²) in [6.45, 7) is 2.50. The summed E-state index contributed by atoms with van der Waals surface area (Å²) in [5, 5.41) is 4.08. The Morgan fingerprint density at radius 2 is 1.54 bits per heavy atom. The standard InChI is InChI=1S/C6H5Cl.C5H11N/c7-6-4-2-1-3-5-6;1-2-4-6-5-3-1/h1-5H;6H,1-5H2. The van der Waals surface area contributed by atoms with Gasteiger partial charge < -0.3 is 5.32 Å². The molecule has 1 aromatic carbocycles. The molecule has 0 atom stereocenters. The number of halogens is 1. The minimum atomic E-state index is 0.794. The number of nitrogens with one attached hydrogen (secondary N) is 1. The maximum absolute atomic E-state index is 5.54. The van der Waals surface area contributed by atoms with Crippen molar-refractivity contribution in [1.29, 1.82) is 0 Å². The quantitative estimate of drug-likeness (QED) is 0.674. The molecular weight excluding hydrogens is 182 g/mol. The van der Waals surface area contributed by atoms with Crippen LogP contribution < -0.4 is 5.32 Å². The highest BCUT2D eigenvalue weighted by Crippen LogP contribution is 2.03. The fourth-order valence-electron chi connectivity index (χ4n) is 1.22. The van der Waals surface area contributed by atoms with Crippen molar-refractivity contribution in [2.75, 3.05) is 13.1 Å². The first kappa shape index (κ1) is 10.6. The van der Waals surface area contributed by atoms with E-state index < -0.39 is 0 Å². The van der Waals surface area contributed by atoms with E-state index in [1.165, 1.54) is 32.4 Å². The smallest absolute Gasteiger partial charge is 0.0405 e. The Balaban J connectivity index is 0.000000132. The van der Waals surface area contributed by atoms with Gasteiger partial charge in [-0.05, 0) is 38.1 Å². The lowest BCUT2D eigenvalue weighted by atomic mass is 10.2. The van der Waals surface area contributed by atoms with E-state index in [0.29, 0.717) is 0 Å². The van der Waals surface area contributed by atoms with Crippen LogP contribution in [0.4, 0.5) is 0 Å². The molecule has 0 unspecified atom stereocenters. The van der Waals surface area contributed by atoms with Crippen molar-refractivity contribution in [2.24, 2.45) is 0 Å². The minimum Gasteiger partial charge on any atom is -0.317 e. The topological polar surface area (TPSA) is 12.0 Å². The van der Waals surface area contributed by atoms with Gasteiger partial charge in [0.05, 0.1) is 0 Å². The number of benzene rings is 1. The van der Waals surface area contributed by atoms with Crippen molar-refractivity contribution >= 4 is 11.6 Å². The molecule has 0 saturated carbocycles. The molecule has 0 aromatic heterocycles. The van der Waals surface area contributed by atoms with E-state index in [-0.39, 0.29) is 0 Å². The molecule has 1 heterocycles. The molecule has 1 aliphatic rings. The highest BCUT2D eigenvalue weighted by atomic mass is 35.5. The summed E-state index contributed by atoms with van der Waals surface area (Å²) in [7, 11) is 0. The molecule has 0 amide bonds. The Labute approximate surface area is 85.1 Å². The molecule has 1 fully saturated rings. The van der Waals surface area contributed by atoms with Gasteiger partial charge in [0.2, 0.25) is 0 Å². The molecule has 0 aliphatic carbocycles. The summed E-state index contributed by atoms with van der Waals surface area (Å²) in [5.41, 5.74) is 0. The second-order valence-electron chi connectivity index (χ2n) is 3.11. The molecule has 2 heteroatoms. The van der Waals surface area contributed by atoms with Crippen LogP contribution in [0.15, 0.2) is 30.3 Å². The maximum Gasteiger partial charge on any atom is 0.0405 e. The van der Waals surface area contributed by atoms with Crippen LogP contribution in [0.3, 0.4) is 0 Å². The van der Waals surface area contributed by atoms with Gasteiger partial charge in [-0.3, -0.25) is 0 Å². The van der Waals surface area contributed by atoms with Crippen LogP contribution in [0.25, 0.3) is 0 Å². The van der Waals surface area contributed by atoms with Crippen LogP contribution in [0, 0.1) is 0 Å². The van der Waals surface area contributed by atoms with Crippen LogP contribution in [0.5, 0.6) is 0 Å². The molecular formula is C11H16ClN. The van der Waals surface area contributed by atoms with Crippen molar-refractivity contribution in [1.82, 2.24) is 5.32 Å². The molecule has 72 valence electrons. The molecule has 1 nitrogen and oxygen atoms in total. The predicted molar refractivity (Wildman–Crippen MR) is 58.2 cm³/mol. The van der Waals surface area contributed by atoms with Crippen molar-refractivity contribution in [3.05, 3.63) is 35.4 Å². The molecule has 1 aliphatic heterocycles. The van der Waals surface area contributed by atoms with E-state index in [2.05, 4.69) is 5.32 Å². The summed E-state index contributed by atoms with van der Waals surface area (Å²) < 4.78 is 0. The lowest BCUT2D eigenvalue weighted by molar-refractivity contribution is 0.520. The van der Waals surface area contributed by atoms with E-state index in [1.807, 2.05) is 30.3 Å². The van der Waals surface area contributed by atoms with Gasteiger partial charge in [-0.15, -0.1) is 0 Å². The SMILES string of the molecule is C1CCNCC1.Clc1ccccc1. The number of piperidine rings is 1. The van der Waals surface area contributed by atoms with Gasteiger partial charge >= 0.3 is 0 Å².